The first kappa shape index (κ1) is 24.0. The SMILES string of the molecule is Cc1ccc(S(=O)(=O)c2n[nH]n3c2nc(=O)c2ccc(N4CCN(C(=O)C(C)C)CC4)cc23)c(C)c1. The highest BCUT2D eigenvalue weighted by Gasteiger charge is 2.28. The second kappa shape index (κ2) is 8.74. The van der Waals surface area contributed by atoms with Gasteiger partial charge in [0.1, 0.15) is 0 Å². The van der Waals surface area contributed by atoms with Gasteiger partial charge in [-0.25, -0.2) is 18.1 Å². The van der Waals surface area contributed by atoms with Crippen molar-refractivity contribution in [1.29, 1.82) is 0 Å². The van der Waals surface area contributed by atoms with Crippen LogP contribution in [-0.2, 0) is 14.6 Å². The Labute approximate surface area is 208 Å². The fourth-order valence-corrected chi connectivity index (χ4v) is 6.21. The van der Waals surface area contributed by atoms with Crippen LogP contribution in [-0.4, -0.2) is 65.2 Å². The number of hydrogen-bond donors (Lipinski definition) is 1. The topological polar surface area (TPSA) is 121 Å². The number of aromatic nitrogens is 4. The Morgan fingerprint density at radius 3 is 2.42 bits per heavy atom. The molecule has 1 amide bonds. The summed E-state index contributed by atoms with van der Waals surface area (Å²) in [6.07, 6.45) is 0. The second-order valence-corrected chi connectivity index (χ2v) is 11.4. The molecule has 11 heteroatoms. The molecule has 5 rings (SSSR count). The zero-order valence-corrected chi connectivity index (χ0v) is 21.5. The summed E-state index contributed by atoms with van der Waals surface area (Å²) in [5.41, 5.74) is 2.32. The Kier molecular flexibility index (Phi) is 5.82. The first-order valence-corrected chi connectivity index (χ1v) is 13.3. The van der Waals surface area contributed by atoms with Gasteiger partial charge in [-0.15, -0.1) is 5.10 Å². The molecule has 2 aromatic carbocycles. The molecule has 3 heterocycles. The smallest absolute Gasteiger partial charge is 0.281 e. The molecular weight excluding hydrogens is 480 g/mol. The molecule has 188 valence electrons. The maximum atomic E-state index is 13.5. The molecule has 1 aliphatic heterocycles. The minimum absolute atomic E-state index is 0.0422. The number of fused-ring (bicyclic) bond motifs is 3. The number of aryl methyl sites for hydroxylation is 2. The summed E-state index contributed by atoms with van der Waals surface area (Å²) in [4.78, 5) is 33.4. The van der Waals surface area contributed by atoms with Gasteiger partial charge in [0.25, 0.3) is 5.56 Å². The third-order valence-electron chi connectivity index (χ3n) is 6.64. The van der Waals surface area contributed by atoms with Gasteiger partial charge >= 0.3 is 0 Å². The molecule has 0 saturated carbocycles. The van der Waals surface area contributed by atoms with Gasteiger partial charge in [0.05, 0.1) is 15.8 Å². The summed E-state index contributed by atoms with van der Waals surface area (Å²) in [5.74, 6) is 0.0990. The summed E-state index contributed by atoms with van der Waals surface area (Å²) in [5, 5.41) is 6.88. The van der Waals surface area contributed by atoms with Crippen LogP contribution in [0, 0.1) is 19.8 Å². The van der Waals surface area contributed by atoms with Crippen molar-refractivity contribution in [2.75, 3.05) is 31.1 Å². The maximum Gasteiger partial charge on any atom is 0.281 e. The average Bonchev–Trinajstić information content (AvgIpc) is 3.28. The van der Waals surface area contributed by atoms with E-state index in [9.17, 15) is 18.0 Å². The van der Waals surface area contributed by atoms with Crippen LogP contribution in [0.4, 0.5) is 5.69 Å². The number of anilines is 1. The molecule has 0 bridgehead atoms. The van der Waals surface area contributed by atoms with Crippen LogP contribution in [0.1, 0.15) is 25.0 Å². The maximum absolute atomic E-state index is 13.5. The largest absolute Gasteiger partial charge is 0.368 e. The third kappa shape index (κ3) is 3.93. The highest BCUT2D eigenvalue weighted by atomic mass is 32.2. The van der Waals surface area contributed by atoms with E-state index in [0.717, 1.165) is 11.3 Å². The van der Waals surface area contributed by atoms with Gasteiger partial charge in [0, 0.05) is 37.8 Å². The van der Waals surface area contributed by atoms with Gasteiger partial charge < -0.3 is 9.80 Å². The van der Waals surface area contributed by atoms with Crippen LogP contribution in [0.5, 0.6) is 0 Å². The highest BCUT2D eigenvalue weighted by molar-refractivity contribution is 7.91. The number of aromatic amines is 1. The van der Waals surface area contributed by atoms with Crippen molar-refractivity contribution in [3.63, 3.8) is 0 Å². The van der Waals surface area contributed by atoms with Gasteiger partial charge in [0.15, 0.2) is 5.65 Å². The Bertz CT molecular complexity index is 1660. The Morgan fingerprint density at radius 2 is 1.75 bits per heavy atom. The second-order valence-electron chi connectivity index (χ2n) is 9.53. The molecule has 1 N–H and O–H groups in total. The van der Waals surface area contributed by atoms with Gasteiger partial charge in [0.2, 0.25) is 20.8 Å². The normalized spacial score (nSPS) is 14.8. The predicted octanol–water partition coefficient (Wildman–Crippen LogP) is 2.33. The lowest BCUT2D eigenvalue weighted by Gasteiger charge is -2.37. The lowest BCUT2D eigenvalue weighted by molar-refractivity contribution is -0.134. The number of carbonyl (C=O) groups is 1. The lowest BCUT2D eigenvalue weighted by atomic mass is 10.1. The van der Waals surface area contributed by atoms with Crippen LogP contribution < -0.4 is 10.5 Å². The number of benzene rings is 2. The average molecular weight is 509 g/mol. The zero-order chi connectivity index (χ0) is 25.8. The monoisotopic (exact) mass is 508 g/mol. The third-order valence-corrected chi connectivity index (χ3v) is 8.46. The van der Waals surface area contributed by atoms with E-state index in [0.29, 0.717) is 42.6 Å². The van der Waals surface area contributed by atoms with Crippen molar-refractivity contribution in [3.8, 4) is 0 Å². The molecule has 36 heavy (non-hydrogen) atoms. The van der Waals surface area contributed by atoms with Crippen LogP contribution in [0.25, 0.3) is 16.6 Å². The molecule has 2 aromatic heterocycles. The van der Waals surface area contributed by atoms with Crippen molar-refractivity contribution >= 4 is 38.0 Å². The predicted molar refractivity (Wildman–Crippen MR) is 136 cm³/mol. The van der Waals surface area contributed by atoms with Gasteiger partial charge in [-0.3, -0.25) is 9.59 Å². The number of rotatable bonds is 4. The molecule has 1 aliphatic rings. The summed E-state index contributed by atoms with van der Waals surface area (Å²) < 4.78 is 28.4. The first-order valence-electron chi connectivity index (χ1n) is 11.8. The number of carbonyl (C=O) groups excluding carboxylic acids is 1. The van der Waals surface area contributed by atoms with E-state index < -0.39 is 15.4 Å². The number of amides is 1. The van der Waals surface area contributed by atoms with E-state index >= 15 is 0 Å². The van der Waals surface area contributed by atoms with Crippen LogP contribution >= 0.6 is 0 Å². The van der Waals surface area contributed by atoms with E-state index in [-0.39, 0.29) is 27.4 Å². The van der Waals surface area contributed by atoms with E-state index in [4.69, 9.17) is 0 Å². The van der Waals surface area contributed by atoms with Gasteiger partial charge in [-0.2, -0.15) is 4.98 Å². The van der Waals surface area contributed by atoms with Gasteiger partial charge in [-0.1, -0.05) is 31.5 Å². The van der Waals surface area contributed by atoms with Gasteiger partial charge in [-0.05, 0) is 43.7 Å². The molecule has 0 unspecified atom stereocenters. The number of nitrogens with zero attached hydrogens (tertiary/aromatic N) is 5. The number of sulfone groups is 1. The fourth-order valence-electron chi connectivity index (χ4n) is 4.73. The number of nitrogens with one attached hydrogen (secondary N) is 1. The van der Waals surface area contributed by atoms with Crippen LogP contribution in [0.3, 0.4) is 0 Å². The molecular formula is C25H28N6O4S. The molecule has 1 fully saturated rings. The van der Waals surface area contributed by atoms with E-state index in [1.165, 1.54) is 4.52 Å². The van der Waals surface area contributed by atoms with Crippen molar-refractivity contribution in [1.82, 2.24) is 24.7 Å². The summed E-state index contributed by atoms with van der Waals surface area (Å²) in [7, 11) is -4.02. The number of H-pyrrole nitrogens is 1. The first-order chi connectivity index (χ1) is 17.1. The number of hydrogen-bond acceptors (Lipinski definition) is 7. The molecule has 0 spiro atoms. The Balaban J connectivity index is 1.56. The van der Waals surface area contributed by atoms with Crippen molar-refractivity contribution < 1.29 is 13.2 Å². The van der Waals surface area contributed by atoms with Crippen LogP contribution in [0.15, 0.2) is 51.1 Å². The fraction of sp³-hybridized carbons (Fsp3) is 0.360. The minimum atomic E-state index is -4.02. The Morgan fingerprint density at radius 1 is 1.03 bits per heavy atom. The van der Waals surface area contributed by atoms with E-state index in [1.54, 1.807) is 31.2 Å². The summed E-state index contributed by atoms with van der Waals surface area (Å²) >= 11 is 0. The van der Waals surface area contributed by atoms with E-state index in [1.807, 2.05) is 37.8 Å². The van der Waals surface area contributed by atoms with Crippen molar-refractivity contribution in [3.05, 3.63) is 57.9 Å². The molecule has 10 nitrogen and oxygen atoms in total. The van der Waals surface area contributed by atoms with E-state index in [2.05, 4.69) is 20.2 Å². The molecule has 0 atom stereocenters. The summed E-state index contributed by atoms with van der Waals surface area (Å²) in [6.45, 7) is 9.95. The summed E-state index contributed by atoms with van der Waals surface area (Å²) in [6, 6.07) is 10.4. The quantitative estimate of drug-likeness (QED) is 0.449. The standard InChI is InChI=1S/C25H28N6O4S/c1-15(2)25(33)30-11-9-29(10-12-30)18-6-7-19-20(14-18)31-22(26-23(19)32)24(27-28-31)36(34,35)21-8-5-16(3)13-17(21)4/h5-8,13-15,28H,9-12H2,1-4H3. The number of piperazine rings is 1. The van der Waals surface area contributed by atoms with Crippen molar-refractivity contribution in [2.45, 2.75) is 37.6 Å². The molecule has 1 saturated heterocycles. The minimum Gasteiger partial charge on any atom is -0.368 e. The van der Waals surface area contributed by atoms with Crippen LogP contribution in [0.2, 0.25) is 0 Å². The lowest BCUT2D eigenvalue weighted by Crippen LogP contribution is -2.49. The molecule has 4 aromatic rings. The Hall–Kier alpha value is -3.73. The van der Waals surface area contributed by atoms with Crippen molar-refractivity contribution in [2.24, 2.45) is 5.92 Å². The highest BCUT2D eigenvalue weighted by Crippen LogP contribution is 2.27. The zero-order valence-electron chi connectivity index (χ0n) is 20.6. The molecule has 0 radical (unpaired) electrons. The molecule has 0 aliphatic carbocycles.